The molecule has 0 radical (unpaired) electrons. The van der Waals surface area contributed by atoms with Gasteiger partial charge < -0.3 is 19.9 Å². The molecule has 24 heavy (non-hydrogen) atoms. The summed E-state index contributed by atoms with van der Waals surface area (Å²) in [5.41, 5.74) is 1.38. The van der Waals surface area contributed by atoms with Crippen LogP contribution in [0, 0.1) is 0 Å². The highest BCUT2D eigenvalue weighted by Crippen LogP contribution is 2.36. The molecule has 0 heterocycles. The van der Waals surface area contributed by atoms with Gasteiger partial charge in [-0.15, -0.1) is 0 Å². The van der Waals surface area contributed by atoms with Crippen LogP contribution in [-0.4, -0.2) is 31.8 Å². The van der Waals surface area contributed by atoms with Crippen LogP contribution in [0.15, 0.2) is 42.5 Å². The third-order valence-electron chi connectivity index (χ3n) is 4.52. The molecule has 0 aromatic heterocycles. The van der Waals surface area contributed by atoms with Gasteiger partial charge in [0.05, 0.1) is 26.3 Å². The van der Waals surface area contributed by atoms with Crippen LogP contribution in [0.4, 0.5) is 0 Å². The number of aryl methyl sites for hydroxylation is 1. The largest absolute Gasteiger partial charge is 0.493 e. The van der Waals surface area contributed by atoms with Crippen LogP contribution in [0.3, 0.4) is 0 Å². The van der Waals surface area contributed by atoms with Crippen LogP contribution in [-0.2, 0) is 12.0 Å². The fraction of sp³-hybridized carbons (Fsp3) is 0.316. The summed E-state index contributed by atoms with van der Waals surface area (Å²) in [7, 11) is 3.02. The van der Waals surface area contributed by atoms with E-state index in [-0.39, 0.29) is 12.5 Å². The van der Waals surface area contributed by atoms with E-state index in [1.165, 1.54) is 14.2 Å². The molecule has 2 aromatic carbocycles. The zero-order valence-corrected chi connectivity index (χ0v) is 13.8. The minimum atomic E-state index is -1.03. The van der Waals surface area contributed by atoms with Crippen molar-refractivity contribution < 1.29 is 19.4 Å². The summed E-state index contributed by atoms with van der Waals surface area (Å²) < 4.78 is 10.5. The average molecular weight is 327 g/mol. The number of para-hydroxylation sites is 1. The van der Waals surface area contributed by atoms with Gasteiger partial charge in [-0.1, -0.05) is 30.3 Å². The standard InChI is InChI=1S/C19H21NO4/c1-23-16-9-5-7-14(17(16)24-2)18(21)20-12-19(22)11-10-13-6-3-4-8-15(13)19/h3-9,22H,10-12H2,1-2H3,(H,20,21). The van der Waals surface area contributed by atoms with Crippen LogP contribution in [0.1, 0.15) is 27.9 Å². The van der Waals surface area contributed by atoms with E-state index in [1.807, 2.05) is 24.3 Å². The molecular weight excluding hydrogens is 306 g/mol. The van der Waals surface area contributed by atoms with Crippen molar-refractivity contribution >= 4 is 5.91 Å². The fourth-order valence-electron chi connectivity index (χ4n) is 3.24. The molecule has 0 saturated heterocycles. The predicted molar refractivity (Wildman–Crippen MR) is 90.5 cm³/mol. The van der Waals surface area contributed by atoms with Gasteiger partial charge in [-0.05, 0) is 36.1 Å². The normalized spacial score (nSPS) is 18.8. The molecule has 126 valence electrons. The maximum absolute atomic E-state index is 12.5. The third-order valence-corrected chi connectivity index (χ3v) is 4.52. The molecule has 1 unspecified atom stereocenters. The first-order chi connectivity index (χ1) is 11.6. The molecule has 1 aliphatic rings. The number of fused-ring (bicyclic) bond motifs is 1. The number of amides is 1. The number of methoxy groups -OCH3 is 2. The maximum atomic E-state index is 12.5. The van der Waals surface area contributed by atoms with Gasteiger partial charge in [0.2, 0.25) is 0 Å². The molecule has 0 saturated carbocycles. The Morgan fingerprint density at radius 3 is 2.71 bits per heavy atom. The summed E-state index contributed by atoms with van der Waals surface area (Å²) >= 11 is 0. The lowest BCUT2D eigenvalue weighted by atomic mass is 9.96. The van der Waals surface area contributed by atoms with Crippen LogP contribution in [0.25, 0.3) is 0 Å². The molecule has 5 heteroatoms. The molecule has 1 aliphatic carbocycles. The summed E-state index contributed by atoms with van der Waals surface area (Å²) in [5, 5.41) is 13.7. The first-order valence-electron chi connectivity index (χ1n) is 7.89. The molecule has 0 aliphatic heterocycles. The lowest BCUT2D eigenvalue weighted by molar-refractivity contribution is 0.0369. The van der Waals surface area contributed by atoms with Gasteiger partial charge in [0, 0.05) is 0 Å². The minimum Gasteiger partial charge on any atom is -0.493 e. The lowest BCUT2D eigenvalue weighted by Crippen LogP contribution is -2.39. The fourth-order valence-corrected chi connectivity index (χ4v) is 3.24. The van der Waals surface area contributed by atoms with E-state index in [0.29, 0.717) is 23.5 Å². The summed E-state index contributed by atoms with van der Waals surface area (Å²) in [5.74, 6) is 0.579. The van der Waals surface area contributed by atoms with Crippen LogP contribution in [0.2, 0.25) is 0 Å². The topological polar surface area (TPSA) is 67.8 Å². The quantitative estimate of drug-likeness (QED) is 0.884. The van der Waals surface area contributed by atoms with Gasteiger partial charge >= 0.3 is 0 Å². The highest BCUT2D eigenvalue weighted by atomic mass is 16.5. The summed E-state index contributed by atoms with van der Waals surface area (Å²) in [4.78, 5) is 12.5. The second kappa shape index (κ2) is 6.53. The highest BCUT2D eigenvalue weighted by Gasteiger charge is 2.36. The van der Waals surface area contributed by atoms with E-state index in [4.69, 9.17) is 9.47 Å². The SMILES string of the molecule is COc1cccc(C(=O)NCC2(O)CCc3ccccc32)c1OC. The molecule has 2 N–H and O–H groups in total. The van der Waals surface area contributed by atoms with Crippen molar-refractivity contribution in [2.45, 2.75) is 18.4 Å². The van der Waals surface area contributed by atoms with E-state index >= 15 is 0 Å². The highest BCUT2D eigenvalue weighted by molar-refractivity contribution is 5.97. The lowest BCUT2D eigenvalue weighted by Gasteiger charge is -2.24. The van der Waals surface area contributed by atoms with E-state index in [2.05, 4.69) is 5.32 Å². The number of carbonyl (C=O) groups is 1. The van der Waals surface area contributed by atoms with Crippen LogP contribution in [0.5, 0.6) is 11.5 Å². The monoisotopic (exact) mass is 327 g/mol. The Balaban J connectivity index is 1.78. The Morgan fingerprint density at radius 2 is 1.96 bits per heavy atom. The molecule has 1 amide bonds. The summed E-state index contributed by atoms with van der Waals surface area (Å²) in [6.07, 6.45) is 1.41. The van der Waals surface area contributed by atoms with Crippen molar-refractivity contribution in [2.75, 3.05) is 20.8 Å². The van der Waals surface area contributed by atoms with Gasteiger partial charge in [-0.2, -0.15) is 0 Å². The van der Waals surface area contributed by atoms with Gasteiger partial charge in [0.15, 0.2) is 11.5 Å². The molecule has 0 fully saturated rings. The van der Waals surface area contributed by atoms with Crippen LogP contribution < -0.4 is 14.8 Å². The minimum absolute atomic E-state index is 0.156. The van der Waals surface area contributed by atoms with Crippen molar-refractivity contribution in [3.05, 3.63) is 59.2 Å². The molecule has 1 atom stereocenters. The van der Waals surface area contributed by atoms with Gasteiger partial charge in [-0.25, -0.2) is 0 Å². The average Bonchev–Trinajstić information content (AvgIpc) is 2.96. The molecule has 0 bridgehead atoms. The molecular formula is C19H21NO4. The molecule has 2 aromatic rings. The van der Waals surface area contributed by atoms with Crippen molar-refractivity contribution in [2.24, 2.45) is 0 Å². The maximum Gasteiger partial charge on any atom is 0.255 e. The van der Waals surface area contributed by atoms with Gasteiger partial charge in [0.25, 0.3) is 5.91 Å². The number of benzene rings is 2. The van der Waals surface area contributed by atoms with E-state index in [0.717, 1.165) is 17.5 Å². The molecule has 5 nitrogen and oxygen atoms in total. The first-order valence-corrected chi connectivity index (χ1v) is 7.89. The van der Waals surface area contributed by atoms with Crippen molar-refractivity contribution in [1.82, 2.24) is 5.32 Å². The Kier molecular flexibility index (Phi) is 4.44. The van der Waals surface area contributed by atoms with Crippen molar-refractivity contribution in [3.63, 3.8) is 0 Å². The van der Waals surface area contributed by atoms with Gasteiger partial charge in [-0.3, -0.25) is 4.79 Å². The number of ether oxygens (including phenoxy) is 2. The Morgan fingerprint density at radius 1 is 1.17 bits per heavy atom. The number of aliphatic hydroxyl groups is 1. The number of nitrogens with one attached hydrogen (secondary N) is 1. The molecule has 0 spiro atoms. The molecule has 3 rings (SSSR count). The smallest absolute Gasteiger partial charge is 0.255 e. The number of carbonyl (C=O) groups excluding carboxylic acids is 1. The summed E-state index contributed by atoms with van der Waals surface area (Å²) in [6.45, 7) is 0.156. The summed E-state index contributed by atoms with van der Waals surface area (Å²) in [6, 6.07) is 12.9. The third kappa shape index (κ3) is 2.83. The number of rotatable bonds is 5. The zero-order chi connectivity index (χ0) is 17.2. The Labute approximate surface area is 141 Å². The van der Waals surface area contributed by atoms with E-state index < -0.39 is 5.60 Å². The van der Waals surface area contributed by atoms with Gasteiger partial charge in [0.1, 0.15) is 5.60 Å². The Hall–Kier alpha value is -2.53. The number of hydrogen-bond donors (Lipinski definition) is 2. The number of hydrogen-bond acceptors (Lipinski definition) is 4. The zero-order valence-electron chi connectivity index (χ0n) is 13.8. The van der Waals surface area contributed by atoms with Crippen molar-refractivity contribution in [1.29, 1.82) is 0 Å². The predicted octanol–water partition coefficient (Wildman–Crippen LogP) is 2.27. The second-order valence-corrected chi connectivity index (χ2v) is 5.91. The first kappa shape index (κ1) is 16.3. The van der Waals surface area contributed by atoms with E-state index in [9.17, 15) is 9.90 Å². The van der Waals surface area contributed by atoms with E-state index in [1.54, 1.807) is 18.2 Å². The van der Waals surface area contributed by atoms with Crippen molar-refractivity contribution in [3.8, 4) is 11.5 Å². The Bertz CT molecular complexity index is 759. The van der Waals surface area contributed by atoms with Crippen LogP contribution >= 0.6 is 0 Å². The second-order valence-electron chi connectivity index (χ2n) is 5.91.